The lowest BCUT2D eigenvalue weighted by Gasteiger charge is -2.25. The average Bonchev–Trinajstić information content (AvgIpc) is 2.48. The van der Waals surface area contributed by atoms with Gasteiger partial charge in [-0.15, -0.1) is 0 Å². The number of carbonyl (C=O) groups excluding carboxylic acids is 1. The van der Waals surface area contributed by atoms with Gasteiger partial charge in [-0.25, -0.2) is 4.79 Å². The van der Waals surface area contributed by atoms with E-state index in [0.29, 0.717) is 12.5 Å². The number of rotatable bonds is 5. The Morgan fingerprint density at radius 2 is 1.79 bits per heavy atom. The Morgan fingerprint density at radius 3 is 2.29 bits per heavy atom. The summed E-state index contributed by atoms with van der Waals surface area (Å²) < 4.78 is 5.36. The molecule has 0 aliphatic rings. The second-order valence-electron chi connectivity index (χ2n) is 6.86. The Kier molecular flexibility index (Phi) is 7.55. The molecule has 0 aromatic heterocycles. The standard InChI is InChI=1S/C18H30N4O2/c1-13(2)21-16(19-6)20-12-15(14-10-8-7-9-11-14)22-17(23)24-18(3,4)5/h7-11,13,15H,12H2,1-6H3,(H,22,23)(H2,19,20,21). The lowest BCUT2D eigenvalue weighted by Crippen LogP contribution is -2.45. The van der Waals surface area contributed by atoms with Crippen LogP contribution in [0.2, 0.25) is 0 Å². The molecule has 0 heterocycles. The number of aliphatic imine (C=N–C) groups is 1. The molecule has 1 atom stereocenters. The maximum atomic E-state index is 12.1. The third kappa shape index (κ3) is 7.85. The summed E-state index contributed by atoms with van der Waals surface area (Å²) in [4.78, 5) is 16.3. The Labute approximate surface area is 145 Å². The molecule has 0 radical (unpaired) electrons. The molecule has 3 N–H and O–H groups in total. The number of hydrogen-bond acceptors (Lipinski definition) is 3. The molecule has 0 fully saturated rings. The average molecular weight is 334 g/mol. The first kappa shape index (κ1) is 19.8. The van der Waals surface area contributed by atoms with Crippen molar-refractivity contribution in [2.24, 2.45) is 4.99 Å². The van der Waals surface area contributed by atoms with Gasteiger partial charge in [0.05, 0.1) is 6.04 Å². The van der Waals surface area contributed by atoms with E-state index in [9.17, 15) is 4.79 Å². The van der Waals surface area contributed by atoms with E-state index in [-0.39, 0.29) is 12.1 Å². The predicted octanol–water partition coefficient (Wildman–Crippen LogP) is 2.83. The van der Waals surface area contributed by atoms with Crippen molar-refractivity contribution in [1.82, 2.24) is 16.0 Å². The first-order valence-electron chi connectivity index (χ1n) is 8.23. The summed E-state index contributed by atoms with van der Waals surface area (Å²) in [6.07, 6.45) is -0.440. The van der Waals surface area contributed by atoms with Crippen LogP contribution in [0.3, 0.4) is 0 Å². The van der Waals surface area contributed by atoms with Crippen molar-refractivity contribution in [1.29, 1.82) is 0 Å². The highest BCUT2D eigenvalue weighted by Crippen LogP contribution is 2.14. The van der Waals surface area contributed by atoms with E-state index < -0.39 is 11.7 Å². The van der Waals surface area contributed by atoms with Crippen LogP contribution in [0.5, 0.6) is 0 Å². The van der Waals surface area contributed by atoms with Crippen molar-refractivity contribution in [3.63, 3.8) is 0 Å². The van der Waals surface area contributed by atoms with Gasteiger partial charge in [-0.2, -0.15) is 0 Å². The van der Waals surface area contributed by atoms with E-state index in [1.165, 1.54) is 0 Å². The molecule has 6 nitrogen and oxygen atoms in total. The molecule has 6 heteroatoms. The Morgan fingerprint density at radius 1 is 1.17 bits per heavy atom. The van der Waals surface area contributed by atoms with Crippen molar-refractivity contribution in [3.05, 3.63) is 35.9 Å². The zero-order valence-corrected chi connectivity index (χ0v) is 15.5. The highest BCUT2D eigenvalue weighted by molar-refractivity contribution is 5.80. The van der Waals surface area contributed by atoms with E-state index >= 15 is 0 Å². The van der Waals surface area contributed by atoms with Crippen molar-refractivity contribution in [2.45, 2.75) is 52.3 Å². The molecule has 1 aromatic carbocycles. The number of benzene rings is 1. The van der Waals surface area contributed by atoms with Gasteiger partial charge >= 0.3 is 6.09 Å². The first-order valence-corrected chi connectivity index (χ1v) is 8.23. The summed E-state index contributed by atoms with van der Waals surface area (Å²) >= 11 is 0. The molecular weight excluding hydrogens is 304 g/mol. The molecule has 1 unspecified atom stereocenters. The van der Waals surface area contributed by atoms with Gasteiger partial charge in [0, 0.05) is 19.6 Å². The van der Waals surface area contributed by atoms with Crippen LogP contribution in [-0.2, 0) is 4.74 Å². The molecule has 0 saturated heterocycles. The van der Waals surface area contributed by atoms with E-state index in [1.54, 1.807) is 7.05 Å². The van der Waals surface area contributed by atoms with E-state index in [4.69, 9.17) is 4.74 Å². The van der Waals surface area contributed by atoms with Crippen LogP contribution in [0.4, 0.5) is 4.79 Å². The largest absolute Gasteiger partial charge is 0.444 e. The van der Waals surface area contributed by atoms with Gasteiger partial charge in [-0.3, -0.25) is 4.99 Å². The number of carbonyl (C=O) groups is 1. The minimum atomic E-state index is -0.534. The summed E-state index contributed by atoms with van der Waals surface area (Å²) in [5.74, 6) is 0.692. The normalized spacial score (nSPS) is 13.4. The van der Waals surface area contributed by atoms with Crippen LogP contribution in [0.25, 0.3) is 0 Å². The van der Waals surface area contributed by atoms with Crippen LogP contribution in [0, 0.1) is 0 Å². The maximum Gasteiger partial charge on any atom is 0.408 e. The number of hydrogen-bond donors (Lipinski definition) is 3. The molecule has 0 saturated carbocycles. The van der Waals surface area contributed by atoms with Crippen molar-refractivity contribution < 1.29 is 9.53 Å². The maximum absolute atomic E-state index is 12.1. The third-order valence-corrected chi connectivity index (χ3v) is 3.02. The van der Waals surface area contributed by atoms with Crippen molar-refractivity contribution in [3.8, 4) is 0 Å². The molecule has 1 rings (SSSR count). The second-order valence-corrected chi connectivity index (χ2v) is 6.86. The summed E-state index contributed by atoms with van der Waals surface area (Å²) in [5, 5.41) is 9.38. The molecule has 134 valence electrons. The Balaban J connectivity index is 2.78. The van der Waals surface area contributed by atoms with Gasteiger partial charge < -0.3 is 20.7 Å². The summed E-state index contributed by atoms with van der Waals surface area (Å²) in [5.41, 5.74) is 0.462. The van der Waals surface area contributed by atoms with Crippen LogP contribution < -0.4 is 16.0 Å². The quantitative estimate of drug-likeness (QED) is 0.572. The van der Waals surface area contributed by atoms with Gasteiger partial charge in [0.15, 0.2) is 5.96 Å². The van der Waals surface area contributed by atoms with E-state index in [2.05, 4.69) is 20.9 Å². The predicted molar refractivity (Wildman–Crippen MR) is 98.2 cm³/mol. The van der Waals surface area contributed by atoms with E-state index in [1.807, 2.05) is 65.0 Å². The summed E-state index contributed by atoms with van der Waals surface area (Å²) in [6.45, 7) is 10.1. The van der Waals surface area contributed by atoms with Gasteiger partial charge in [0.2, 0.25) is 0 Å². The molecule has 0 aliphatic carbocycles. The summed E-state index contributed by atoms with van der Waals surface area (Å²) in [7, 11) is 1.72. The highest BCUT2D eigenvalue weighted by atomic mass is 16.6. The van der Waals surface area contributed by atoms with Crippen LogP contribution in [-0.4, -0.2) is 37.3 Å². The second kappa shape index (κ2) is 9.15. The Bertz CT molecular complexity index is 536. The van der Waals surface area contributed by atoms with Gasteiger partial charge in [-0.05, 0) is 40.2 Å². The number of nitrogens with one attached hydrogen (secondary N) is 3. The zero-order valence-electron chi connectivity index (χ0n) is 15.5. The van der Waals surface area contributed by atoms with E-state index in [0.717, 1.165) is 5.56 Å². The molecule has 24 heavy (non-hydrogen) atoms. The number of alkyl carbamates (subject to hydrolysis) is 1. The van der Waals surface area contributed by atoms with Gasteiger partial charge in [-0.1, -0.05) is 30.3 Å². The Hall–Kier alpha value is -2.24. The number of guanidine groups is 1. The molecule has 1 amide bonds. The fourth-order valence-electron chi connectivity index (χ4n) is 2.05. The lowest BCUT2D eigenvalue weighted by molar-refractivity contribution is 0.0504. The fraction of sp³-hybridized carbons (Fsp3) is 0.556. The van der Waals surface area contributed by atoms with Crippen LogP contribution in [0.15, 0.2) is 35.3 Å². The molecule has 0 aliphatic heterocycles. The number of ether oxygens (including phenoxy) is 1. The highest BCUT2D eigenvalue weighted by Gasteiger charge is 2.20. The lowest BCUT2D eigenvalue weighted by atomic mass is 10.1. The third-order valence-electron chi connectivity index (χ3n) is 3.02. The van der Waals surface area contributed by atoms with Crippen molar-refractivity contribution in [2.75, 3.05) is 13.6 Å². The summed E-state index contributed by atoms with van der Waals surface area (Å²) in [6, 6.07) is 9.82. The topological polar surface area (TPSA) is 74.8 Å². The minimum Gasteiger partial charge on any atom is -0.444 e. The number of amides is 1. The number of nitrogens with zero attached hydrogens (tertiary/aromatic N) is 1. The monoisotopic (exact) mass is 334 g/mol. The molecule has 0 bridgehead atoms. The van der Waals surface area contributed by atoms with Crippen LogP contribution >= 0.6 is 0 Å². The zero-order chi connectivity index (χ0) is 18.2. The van der Waals surface area contributed by atoms with Gasteiger partial charge in [0.25, 0.3) is 0 Å². The van der Waals surface area contributed by atoms with Gasteiger partial charge in [0.1, 0.15) is 5.60 Å². The van der Waals surface area contributed by atoms with Crippen LogP contribution in [0.1, 0.15) is 46.2 Å². The molecular formula is C18H30N4O2. The first-order chi connectivity index (χ1) is 11.2. The fourth-order valence-corrected chi connectivity index (χ4v) is 2.05. The molecule has 1 aromatic rings. The minimum absolute atomic E-state index is 0.230. The SMILES string of the molecule is CN=C(NCC(NC(=O)OC(C)(C)C)c1ccccc1)NC(C)C. The smallest absolute Gasteiger partial charge is 0.408 e. The molecule has 0 spiro atoms. The van der Waals surface area contributed by atoms with Crippen molar-refractivity contribution >= 4 is 12.1 Å².